The molecule has 0 N–H and O–H groups in total. The van der Waals surface area contributed by atoms with Gasteiger partial charge in [0.1, 0.15) is 0 Å². The predicted octanol–water partition coefficient (Wildman–Crippen LogP) is 9.43. The fourth-order valence-corrected chi connectivity index (χ4v) is 5.69. The molecule has 170 valence electrons. The van der Waals surface area contributed by atoms with Crippen molar-refractivity contribution in [2.75, 3.05) is 0 Å². The Balaban J connectivity index is 1.77. The molecule has 2 nitrogen and oxygen atoms in total. The van der Waals surface area contributed by atoms with Crippen molar-refractivity contribution in [2.45, 2.75) is 10.5 Å². The molecule has 0 aliphatic heterocycles. The van der Waals surface area contributed by atoms with Gasteiger partial charge in [-0.1, -0.05) is 70.7 Å². The first-order chi connectivity index (χ1) is 16.3. The molecule has 0 spiro atoms. The summed E-state index contributed by atoms with van der Waals surface area (Å²) in [4.78, 5) is 10.0. The van der Waals surface area contributed by atoms with Crippen LogP contribution in [0.1, 0.15) is 33.0 Å². The van der Waals surface area contributed by atoms with E-state index in [4.69, 9.17) is 81.6 Å². The fraction of sp³-hybridized carbons (Fsp3) is 0.0769. The molecule has 0 saturated heterocycles. The summed E-state index contributed by atoms with van der Waals surface area (Å²) in [6.45, 7) is 0. The second-order valence-electron chi connectivity index (χ2n) is 7.82. The SMILES string of the molecule is SC(c1cc(Cl)ccc1Cl)c1nc2cc3ccccc3cc2nc1C(S)c1cc(Cl)ccc1Cl. The molecule has 0 bridgehead atoms. The zero-order valence-corrected chi connectivity index (χ0v) is 22.2. The third-order valence-corrected chi connectivity index (χ3v) is 7.81. The second kappa shape index (κ2) is 9.77. The number of hydrogen-bond donors (Lipinski definition) is 2. The van der Waals surface area contributed by atoms with Crippen LogP contribution in [0.3, 0.4) is 0 Å². The monoisotopic (exact) mass is 560 g/mol. The van der Waals surface area contributed by atoms with Crippen molar-refractivity contribution in [2.24, 2.45) is 0 Å². The van der Waals surface area contributed by atoms with Crippen molar-refractivity contribution in [3.05, 3.63) is 115 Å². The average Bonchev–Trinajstić information content (AvgIpc) is 2.84. The predicted molar refractivity (Wildman–Crippen MR) is 152 cm³/mol. The number of halogens is 4. The molecule has 0 aliphatic carbocycles. The van der Waals surface area contributed by atoms with Crippen LogP contribution in [0.5, 0.6) is 0 Å². The Labute approximate surface area is 228 Å². The molecule has 2 atom stereocenters. The lowest BCUT2D eigenvalue weighted by atomic mass is 10.0. The minimum atomic E-state index is -0.503. The van der Waals surface area contributed by atoms with Gasteiger partial charge in [-0.2, -0.15) is 25.3 Å². The van der Waals surface area contributed by atoms with Gasteiger partial charge in [0.2, 0.25) is 0 Å². The number of benzene rings is 4. The van der Waals surface area contributed by atoms with Gasteiger partial charge in [-0.15, -0.1) is 0 Å². The standard InChI is InChI=1S/C26H16Cl4N2S2/c27-15-5-7-19(29)17(11-15)25(33)23-24(26(34)18-12-16(28)6-8-20(18)30)32-22-10-14-4-2-1-3-13(14)9-21(22)31-23/h1-12,25-26,33-34H. The third-order valence-electron chi connectivity index (χ3n) is 5.61. The summed E-state index contributed by atoms with van der Waals surface area (Å²) in [6, 6.07) is 22.7. The molecule has 1 heterocycles. The molecular formula is C26H16Cl4N2S2. The summed E-state index contributed by atoms with van der Waals surface area (Å²) in [6.07, 6.45) is 0. The van der Waals surface area contributed by atoms with Gasteiger partial charge in [-0.05, 0) is 70.4 Å². The van der Waals surface area contributed by atoms with Crippen LogP contribution in [0.15, 0.2) is 72.8 Å². The van der Waals surface area contributed by atoms with E-state index in [1.54, 1.807) is 36.4 Å². The molecule has 5 aromatic rings. The summed E-state index contributed by atoms with van der Waals surface area (Å²) in [5.41, 5.74) is 4.18. The van der Waals surface area contributed by atoms with E-state index in [1.807, 2.05) is 36.4 Å². The highest BCUT2D eigenvalue weighted by Gasteiger charge is 2.26. The molecule has 8 heteroatoms. The van der Waals surface area contributed by atoms with E-state index in [-0.39, 0.29) is 0 Å². The van der Waals surface area contributed by atoms with Crippen molar-refractivity contribution in [3.63, 3.8) is 0 Å². The second-order valence-corrected chi connectivity index (χ2v) is 10.5. The first kappa shape index (κ1) is 24.1. The van der Waals surface area contributed by atoms with Gasteiger partial charge >= 0.3 is 0 Å². The van der Waals surface area contributed by atoms with E-state index in [2.05, 4.69) is 0 Å². The third kappa shape index (κ3) is 4.60. The van der Waals surface area contributed by atoms with Gasteiger partial charge in [0.15, 0.2) is 0 Å². The van der Waals surface area contributed by atoms with Crippen molar-refractivity contribution < 1.29 is 0 Å². The zero-order chi connectivity index (χ0) is 24.0. The molecule has 5 rings (SSSR count). The Morgan fingerprint density at radius 2 is 0.971 bits per heavy atom. The Hall–Kier alpha value is -1.66. The van der Waals surface area contributed by atoms with Gasteiger partial charge in [-0.3, -0.25) is 0 Å². The minimum absolute atomic E-state index is 0.503. The first-order valence-corrected chi connectivity index (χ1v) is 12.8. The Morgan fingerprint density at radius 3 is 1.38 bits per heavy atom. The first-order valence-electron chi connectivity index (χ1n) is 10.3. The molecule has 34 heavy (non-hydrogen) atoms. The van der Waals surface area contributed by atoms with Crippen LogP contribution in [-0.4, -0.2) is 9.97 Å². The van der Waals surface area contributed by atoms with Gasteiger partial charge in [0, 0.05) is 20.1 Å². The van der Waals surface area contributed by atoms with Crippen LogP contribution in [0, 0.1) is 0 Å². The molecule has 0 radical (unpaired) electrons. The van der Waals surface area contributed by atoms with E-state index in [0.717, 1.165) is 32.9 Å². The van der Waals surface area contributed by atoms with Crippen LogP contribution in [0.2, 0.25) is 20.1 Å². The lowest BCUT2D eigenvalue weighted by Crippen LogP contribution is -2.10. The largest absolute Gasteiger partial charge is 0.248 e. The molecule has 0 aliphatic rings. The van der Waals surface area contributed by atoms with Crippen LogP contribution in [-0.2, 0) is 0 Å². The van der Waals surface area contributed by atoms with Gasteiger partial charge in [-0.25, -0.2) is 9.97 Å². The van der Waals surface area contributed by atoms with Gasteiger partial charge in [0.05, 0.1) is 32.9 Å². The Bertz CT molecular complexity index is 1440. The lowest BCUT2D eigenvalue weighted by Gasteiger charge is -2.21. The van der Waals surface area contributed by atoms with Crippen molar-refractivity contribution in [1.82, 2.24) is 9.97 Å². The summed E-state index contributed by atoms with van der Waals surface area (Å²) in [7, 11) is 0. The number of thiol groups is 2. The maximum atomic E-state index is 6.52. The topological polar surface area (TPSA) is 25.8 Å². The average molecular weight is 562 g/mol. The highest BCUT2D eigenvalue weighted by atomic mass is 35.5. The van der Waals surface area contributed by atoms with Crippen LogP contribution in [0.4, 0.5) is 0 Å². The van der Waals surface area contributed by atoms with E-state index in [1.165, 1.54) is 0 Å². The molecule has 0 amide bonds. The molecule has 4 aromatic carbocycles. The highest BCUT2D eigenvalue weighted by Crippen LogP contribution is 2.42. The van der Waals surface area contributed by atoms with Crippen LogP contribution in [0.25, 0.3) is 21.8 Å². The summed E-state index contributed by atoms with van der Waals surface area (Å²) < 4.78 is 0. The maximum Gasteiger partial charge on any atom is 0.0897 e. The lowest BCUT2D eigenvalue weighted by molar-refractivity contribution is 0.952. The molecule has 0 fully saturated rings. The minimum Gasteiger partial charge on any atom is -0.248 e. The Kier molecular flexibility index (Phi) is 6.91. The van der Waals surface area contributed by atoms with E-state index < -0.39 is 10.5 Å². The van der Waals surface area contributed by atoms with Crippen molar-refractivity contribution >= 4 is 93.5 Å². The zero-order valence-electron chi connectivity index (χ0n) is 17.4. The molecule has 1 aromatic heterocycles. The fourth-order valence-electron chi connectivity index (χ4n) is 3.91. The summed E-state index contributed by atoms with van der Waals surface area (Å²) in [5, 5.41) is 3.31. The van der Waals surface area contributed by atoms with E-state index >= 15 is 0 Å². The van der Waals surface area contributed by atoms with Crippen LogP contribution < -0.4 is 0 Å². The number of rotatable bonds is 4. The Morgan fingerprint density at radius 1 is 0.559 bits per heavy atom. The molecule has 0 saturated carbocycles. The smallest absolute Gasteiger partial charge is 0.0897 e. The number of hydrogen-bond acceptors (Lipinski definition) is 4. The van der Waals surface area contributed by atoms with E-state index in [0.29, 0.717) is 31.5 Å². The molecule has 2 unspecified atom stereocenters. The van der Waals surface area contributed by atoms with Crippen molar-refractivity contribution in [1.29, 1.82) is 0 Å². The van der Waals surface area contributed by atoms with E-state index in [9.17, 15) is 0 Å². The van der Waals surface area contributed by atoms with Gasteiger partial charge in [0.25, 0.3) is 0 Å². The maximum absolute atomic E-state index is 6.52. The number of fused-ring (bicyclic) bond motifs is 2. The summed E-state index contributed by atoms with van der Waals surface area (Å²) >= 11 is 35.4. The summed E-state index contributed by atoms with van der Waals surface area (Å²) in [5.74, 6) is 0. The normalized spacial score (nSPS) is 13.4. The quantitative estimate of drug-likeness (QED) is 0.169. The highest BCUT2D eigenvalue weighted by molar-refractivity contribution is 7.81. The van der Waals surface area contributed by atoms with Crippen LogP contribution >= 0.6 is 71.7 Å². The molecular weight excluding hydrogens is 546 g/mol. The number of nitrogens with zero attached hydrogens (tertiary/aromatic N) is 2. The number of aromatic nitrogens is 2. The van der Waals surface area contributed by atoms with Gasteiger partial charge < -0.3 is 0 Å². The van der Waals surface area contributed by atoms with Crippen molar-refractivity contribution in [3.8, 4) is 0 Å².